The number of hydrogen-bond donors (Lipinski definition) is 6. The summed E-state index contributed by atoms with van der Waals surface area (Å²) >= 11 is 0. The summed E-state index contributed by atoms with van der Waals surface area (Å²) in [7, 11) is 0. The van der Waals surface area contributed by atoms with Crippen LogP contribution in [0.2, 0.25) is 0 Å². The molecule has 0 unspecified atom stereocenters. The van der Waals surface area contributed by atoms with E-state index in [0.29, 0.717) is 80.6 Å². The van der Waals surface area contributed by atoms with Crippen LogP contribution in [0.25, 0.3) is 5.70 Å². The van der Waals surface area contributed by atoms with E-state index in [0.717, 1.165) is 16.8 Å². The maximum absolute atomic E-state index is 13.5. The Bertz CT molecular complexity index is 1780. The van der Waals surface area contributed by atoms with Gasteiger partial charge in [-0.2, -0.15) is 0 Å². The number of benzene rings is 4. The van der Waals surface area contributed by atoms with Crippen molar-refractivity contribution in [2.45, 2.75) is 13.5 Å². The van der Waals surface area contributed by atoms with Crippen molar-refractivity contribution in [2.75, 3.05) is 50.2 Å². The number of hydrogen-bond acceptors (Lipinski definition) is 7. The fourth-order valence-electron chi connectivity index (χ4n) is 4.55. The zero-order valence-electron chi connectivity index (χ0n) is 28.6. The number of anilines is 2. The highest BCUT2D eigenvalue weighted by atomic mass is 19.1. The Labute approximate surface area is 298 Å². The summed E-state index contributed by atoms with van der Waals surface area (Å²) in [6, 6.07) is 29.6. The third kappa shape index (κ3) is 14.2. The van der Waals surface area contributed by atoms with Gasteiger partial charge in [0.1, 0.15) is 23.2 Å². The van der Waals surface area contributed by atoms with Gasteiger partial charge >= 0.3 is 0 Å². The lowest BCUT2D eigenvalue weighted by Crippen LogP contribution is -2.33. The van der Waals surface area contributed by atoms with E-state index in [1.54, 1.807) is 49.4 Å². The molecule has 0 fully saturated rings. The number of ether oxygens (including phenoxy) is 2. The summed E-state index contributed by atoms with van der Waals surface area (Å²) in [5.74, 6) is 1.05. The quantitative estimate of drug-likeness (QED) is 0.0318. The van der Waals surface area contributed by atoms with Gasteiger partial charge in [0.25, 0.3) is 5.91 Å². The number of guanidine groups is 1. The largest absolute Gasteiger partial charge is 0.508 e. The molecule has 11 nitrogen and oxygen atoms in total. The molecule has 0 heterocycles. The molecule has 0 saturated heterocycles. The number of carbonyl (C=O) groups is 1. The van der Waals surface area contributed by atoms with E-state index in [4.69, 9.17) is 9.47 Å². The van der Waals surface area contributed by atoms with Crippen LogP contribution in [0.5, 0.6) is 5.75 Å². The number of aromatic hydroxyl groups is 1. The summed E-state index contributed by atoms with van der Waals surface area (Å²) in [5.41, 5.74) is 4.51. The molecule has 266 valence electrons. The van der Waals surface area contributed by atoms with Gasteiger partial charge in [0.05, 0.1) is 33.0 Å². The third-order valence-corrected chi connectivity index (χ3v) is 7.11. The van der Waals surface area contributed by atoms with Crippen LogP contribution in [-0.2, 0) is 16.0 Å². The summed E-state index contributed by atoms with van der Waals surface area (Å²) in [6.45, 7) is 12.8. The van der Waals surface area contributed by atoms with Gasteiger partial charge in [0.15, 0.2) is 0 Å². The maximum atomic E-state index is 13.5. The second-order valence-electron chi connectivity index (χ2n) is 11.2. The van der Waals surface area contributed by atoms with Crippen molar-refractivity contribution < 1.29 is 23.8 Å². The minimum absolute atomic E-state index is 0.134. The molecule has 4 rings (SSSR count). The highest BCUT2D eigenvalue weighted by Crippen LogP contribution is 2.17. The Morgan fingerprint density at radius 3 is 2.20 bits per heavy atom. The van der Waals surface area contributed by atoms with Crippen LogP contribution in [-0.4, -0.2) is 62.3 Å². The van der Waals surface area contributed by atoms with E-state index in [-0.39, 0.29) is 17.5 Å². The van der Waals surface area contributed by atoms with Gasteiger partial charge in [0, 0.05) is 35.7 Å². The second-order valence-corrected chi connectivity index (χ2v) is 11.2. The van der Waals surface area contributed by atoms with Crippen molar-refractivity contribution in [1.82, 2.24) is 16.0 Å². The zero-order valence-corrected chi connectivity index (χ0v) is 28.6. The first-order valence-electron chi connectivity index (χ1n) is 16.4. The van der Waals surface area contributed by atoms with Crippen LogP contribution in [0.3, 0.4) is 0 Å². The zero-order chi connectivity index (χ0) is 36.3. The van der Waals surface area contributed by atoms with E-state index in [1.165, 1.54) is 12.1 Å². The molecule has 4 aromatic rings. The average molecular weight is 694 g/mol. The van der Waals surface area contributed by atoms with Crippen LogP contribution in [0.1, 0.15) is 28.4 Å². The third-order valence-electron chi connectivity index (χ3n) is 7.11. The number of amides is 1. The molecule has 0 aliphatic heterocycles. The minimum Gasteiger partial charge on any atom is -0.508 e. The Hall–Kier alpha value is -5.98. The molecule has 0 aromatic heterocycles. The molecule has 0 saturated carbocycles. The molecule has 1 amide bonds. The van der Waals surface area contributed by atoms with Crippen LogP contribution in [0.15, 0.2) is 132 Å². The molecule has 0 aliphatic rings. The average Bonchev–Trinajstić information content (AvgIpc) is 3.13. The summed E-state index contributed by atoms with van der Waals surface area (Å²) < 4.78 is 24.6. The predicted octanol–water partition coefficient (Wildman–Crippen LogP) is 6.11. The molecule has 12 heteroatoms. The Morgan fingerprint density at radius 2 is 1.47 bits per heavy atom. The number of halogens is 1. The number of nitrogens with one attached hydrogen (secondary N) is 5. The van der Waals surface area contributed by atoms with Crippen LogP contribution in [0.4, 0.5) is 15.8 Å². The van der Waals surface area contributed by atoms with Crippen molar-refractivity contribution in [2.24, 2.45) is 9.98 Å². The lowest BCUT2D eigenvalue weighted by atomic mass is 10.1. The summed E-state index contributed by atoms with van der Waals surface area (Å²) in [6.07, 6.45) is 0. The highest BCUT2D eigenvalue weighted by Gasteiger charge is 2.07. The first-order chi connectivity index (χ1) is 24.7. The molecular weight excluding hydrogens is 649 g/mol. The van der Waals surface area contributed by atoms with E-state index >= 15 is 0 Å². The number of phenolic OH excluding ortho intramolecular Hbond substituents is 1. The standard InChI is InChI=1S/C39H44FN7O4/c1-28(43-27-31-8-7-11-34(40)26-31)32-12-14-35(15-13-32)44-30(3)46-39(47-36-16-18-37(48)19-17-36)45-29(2)41-20-22-50-24-25-51-23-21-42-38(49)33-9-5-4-6-10-33/h4-19,26,43-44,48H,1,3,20-25,27H2,2H3,(H,42,49)(H2,41,45,46,47). The van der Waals surface area contributed by atoms with E-state index in [9.17, 15) is 14.3 Å². The number of phenols is 1. The molecule has 0 atom stereocenters. The molecule has 0 aliphatic carbocycles. The van der Waals surface area contributed by atoms with Crippen molar-refractivity contribution in [3.63, 3.8) is 0 Å². The Morgan fingerprint density at radius 1 is 0.784 bits per heavy atom. The Kier molecular flexibility index (Phi) is 15.2. The molecular formula is C39H44FN7O4. The van der Waals surface area contributed by atoms with Crippen molar-refractivity contribution in [1.29, 1.82) is 0 Å². The van der Waals surface area contributed by atoms with Gasteiger partial charge in [-0.05, 0) is 78.7 Å². The highest BCUT2D eigenvalue weighted by molar-refractivity contribution is 6.02. The molecule has 0 spiro atoms. The number of nitrogens with zero attached hydrogens (tertiary/aromatic N) is 2. The SMILES string of the molecule is C=C(NC(=NC(C)=NCCOCCOCCNC(=O)c1ccccc1)Nc1ccc(O)cc1)Nc1ccc(C(=C)NCc2cccc(F)c2)cc1. The van der Waals surface area contributed by atoms with Gasteiger partial charge in [-0.15, -0.1) is 0 Å². The van der Waals surface area contributed by atoms with Crippen LogP contribution >= 0.6 is 0 Å². The number of amidine groups is 1. The van der Waals surface area contributed by atoms with Crippen LogP contribution < -0.4 is 26.6 Å². The number of aliphatic imine (C=N–C) groups is 2. The van der Waals surface area contributed by atoms with Crippen LogP contribution in [0, 0.1) is 5.82 Å². The van der Waals surface area contributed by atoms with Crippen molar-refractivity contribution in [3.8, 4) is 5.75 Å². The second kappa shape index (κ2) is 20.5. The fraction of sp³-hybridized carbons (Fsp3) is 0.205. The molecule has 6 N–H and O–H groups in total. The maximum Gasteiger partial charge on any atom is 0.251 e. The van der Waals surface area contributed by atoms with Crippen molar-refractivity contribution >= 4 is 34.8 Å². The van der Waals surface area contributed by atoms with Crippen molar-refractivity contribution in [3.05, 3.63) is 145 Å². The van der Waals surface area contributed by atoms with E-state index in [2.05, 4.69) is 49.7 Å². The molecule has 0 bridgehead atoms. The smallest absolute Gasteiger partial charge is 0.251 e. The number of rotatable bonds is 18. The monoisotopic (exact) mass is 693 g/mol. The lowest BCUT2D eigenvalue weighted by Gasteiger charge is -2.16. The fourth-order valence-corrected chi connectivity index (χ4v) is 4.55. The summed E-state index contributed by atoms with van der Waals surface area (Å²) in [4.78, 5) is 21.1. The van der Waals surface area contributed by atoms with Gasteiger partial charge in [-0.1, -0.05) is 55.6 Å². The predicted molar refractivity (Wildman–Crippen MR) is 202 cm³/mol. The van der Waals surface area contributed by atoms with Gasteiger partial charge in [0.2, 0.25) is 5.96 Å². The first kappa shape index (κ1) is 37.8. The molecule has 51 heavy (non-hydrogen) atoms. The first-order valence-corrected chi connectivity index (χ1v) is 16.4. The van der Waals surface area contributed by atoms with Gasteiger partial charge in [-0.3, -0.25) is 9.79 Å². The van der Waals surface area contributed by atoms with Gasteiger partial charge in [-0.25, -0.2) is 9.38 Å². The lowest BCUT2D eigenvalue weighted by molar-refractivity contribution is 0.0512. The summed E-state index contributed by atoms with van der Waals surface area (Å²) in [5, 5.41) is 25.3. The normalized spacial score (nSPS) is 11.4. The minimum atomic E-state index is -0.276. The van der Waals surface area contributed by atoms with Gasteiger partial charge < -0.3 is 41.2 Å². The molecule has 4 aromatic carbocycles. The Balaban J connectivity index is 1.21. The topological polar surface area (TPSA) is 141 Å². The van der Waals surface area contributed by atoms with E-state index < -0.39 is 0 Å². The van der Waals surface area contributed by atoms with E-state index in [1.807, 2.05) is 48.5 Å². The number of carbonyl (C=O) groups excluding carboxylic acids is 1. The molecule has 0 radical (unpaired) electrons.